The van der Waals surface area contributed by atoms with Crippen LogP contribution in [0.1, 0.15) is 67.7 Å². The number of benzene rings is 1. The maximum atomic E-state index is 5.19. The van der Waals surface area contributed by atoms with Crippen LogP contribution in [0.4, 0.5) is 0 Å². The Labute approximate surface area is 140 Å². The molecule has 0 bridgehead atoms. The summed E-state index contributed by atoms with van der Waals surface area (Å²) < 4.78 is 5.19. The van der Waals surface area contributed by atoms with Gasteiger partial charge in [-0.1, -0.05) is 77.4 Å². The van der Waals surface area contributed by atoms with Crippen LogP contribution in [0.15, 0.2) is 36.4 Å². The molecule has 2 N–H and O–H groups in total. The van der Waals surface area contributed by atoms with Crippen LogP contribution in [-0.4, -0.2) is 19.3 Å². The van der Waals surface area contributed by atoms with Crippen molar-refractivity contribution in [1.82, 2.24) is 0 Å². The second kappa shape index (κ2) is 25.1. The highest BCUT2D eigenvalue weighted by molar-refractivity contribution is 4.99. The molecule has 22 heavy (non-hydrogen) atoms. The summed E-state index contributed by atoms with van der Waals surface area (Å²) in [5.74, 6) is 0.833. The van der Waals surface area contributed by atoms with Gasteiger partial charge in [-0.05, 0) is 39.2 Å². The summed E-state index contributed by atoms with van der Waals surface area (Å²) in [7, 11) is 0. The van der Waals surface area contributed by atoms with Gasteiger partial charge in [0.2, 0.25) is 0 Å². The molecule has 1 aromatic rings. The van der Waals surface area contributed by atoms with E-state index in [2.05, 4.69) is 41.5 Å². The molecule has 0 fully saturated rings. The highest BCUT2D eigenvalue weighted by Crippen LogP contribution is 1.93. The van der Waals surface area contributed by atoms with E-state index in [0.29, 0.717) is 6.10 Å². The predicted molar refractivity (Wildman–Crippen MR) is 102 cm³/mol. The minimum absolute atomic E-state index is 0.449. The molecule has 0 heterocycles. The number of hydrogen-bond acceptors (Lipinski definition) is 2. The van der Waals surface area contributed by atoms with E-state index in [4.69, 9.17) is 10.5 Å². The molecule has 1 rings (SSSR count). The van der Waals surface area contributed by atoms with E-state index in [1.165, 1.54) is 12.8 Å². The lowest BCUT2D eigenvalue weighted by Crippen LogP contribution is -2.04. The number of ether oxygens (including phenoxy) is 1. The molecule has 0 radical (unpaired) electrons. The van der Waals surface area contributed by atoms with Crippen LogP contribution >= 0.6 is 0 Å². The SMILES string of the molecule is CC(C)C.CCCCN.CCOC(C)CC.c1ccccc1. The van der Waals surface area contributed by atoms with Gasteiger partial charge in [0.25, 0.3) is 0 Å². The highest BCUT2D eigenvalue weighted by atomic mass is 16.5. The smallest absolute Gasteiger partial charge is 0.0544 e. The molecular formula is C20H41NO. The summed E-state index contributed by atoms with van der Waals surface area (Å²) in [6.45, 7) is 16.5. The molecule has 0 saturated heterocycles. The third-order valence-electron chi connectivity index (χ3n) is 2.25. The highest BCUT2D eigenvalue weighted by Gasteiger charge is 1.91. The van der Waals surface area contributed by atoms with Crippen molar-refractivity contribution in [2.24, 2.45) is 11.7 Å². The molecule has 0 aliphatic heterocycles. The molecule has 2 heteroatoms. The summed E-state index contributed by atoms with van der Waals surface area (Å²) in [6, 6.07) is 12.0. The first-order chi connectivity index (χ1) is 10.5. The lowest BCUT2D eigenvalue weighted by molar-refractivity contribution is 0.0739. The summed E-state index contributed by atoms with van der Waals surface area (Å²) in [5, 5.41) is 0. The van der Waals surface area contributed by atoms with E-state index >= 15 is 0 Å². The second-order valence-electron chi connectivity index (χ2n) is 5.70. The summed E-state index contributed by atoms with van der Waals surface area (Å²) in [5.41, 5.74) is 5.14. The molecule has 1 aromatic carbocycles. The van der Waals surface area contributed by atoms with Crippen LogP contribution in [0.5, 0.6) is 0 Å². The van der Waals surface area contributed by atoms with E-state index in [0.717, 1.165) is 25.5 Å². The molecule has 1 unspecified atom stereocenters. The maximum absolute atomic E-state index is 5.19. The van der Waals surface area contributed by atoms with Gasteiger partial charge >= 0.3 is 0 Å². The monoisotopic (exact) mass is 311 g/mol. The summed E-state index contributed by atoms with van der Waals surface area (Å²) >= 11 is 0. The first-order valence-corrected chi connectivity index (χ1v) is 8.77. The van der Waals surface area contributed by atoms with E-state index in [-0.39, 0.29) is 0 Å². The Morgan fingerprint density at radius 1 is 0.818 bits per heavy atom. The van der Waals surface area contributed by atoms with Gasteiger partial charge in [-0.15, -0.1) is 0 Å². The molecule has 0 aliphatic rings. The Balaban J connectivity index is -0.000000224. The third-order valence-corrected chi connectivity index (χ3v) is 2.25. The van der Waals surface area contributed by atoms with Crippen molar-refractivity contribution >= 4 is 0 Å². The summed E-state index contributed by atoms with van der Waals surface area (Å²) in [6.07, 6.45) is 3.95. The normalized spacial score (nSPS) is 10.2. The van der Waals surface area contributed by atoms with Crippen molar-refractivity contribution in [2.75, 3.05) is 13.2 Å². The first-order valence-electron chi connectivity index (χ1n) is 8.77. The first kappa shape index (κ1) is 26.1. The Morgan fingerprint density at radius 2 is 1.18 bits per heavy atom. The minimum atomic E-state index is 0.449. The van der Waals surface area contributed by atoms with Gasteiger partial charge in [0, 0.05) is 6.61 Å². The average Bonchev–Trinajstić information content (AvgIpc) is 2.51. The molecule has 2 nitrogen and oxygen atoms in total. The van der Waals surface area contributed by atoms with Crippen LogP contribution in [0, 0.1) is 5.92 Å². The lowest BCUT2D eigenvalue weighted by atomic mass is 10.3. The van der Waals surface area contributed by atoms with Crippen LogP contribution in [0.2, 0.25) is 0 Å². The minimum Gasteiger partial charge on any atom is -0.379 e. The third kappa shape index (κ3) is 42.7. The van der Waals surface area contributed by atoms with Crippen LogP contribution in [0.25, 0.3) is 0 Å². The van der Waals surface area contributed by atoms with Crippen molar-refractivity contribution in [3.05, 3.63) is 36.4 Å². The average molecular weight is 312 g/mol. The van der Waals surface area contributed by atoms with Gasteiger partial charge in [-0.2, -0.15) is 0 Å². The molecule has 0 aliphatic carbocycles. The van der Waals surface area contributed by atoms with Gasteiger partial charge in [-0.25, -0.2) is 0 Å². The Bertz CT molecular complexity index is 218. The van der Waals surface area contributed by atoms with Crippen molar-refractivity contribution in [1.29, 1.82) is 0 Å². The van der Waals surface area contributed by atoms with Gasteiger partial charge in [0.1, 0.15) is 0 Å². The zero-order valence-corrected chi connectivity index (χ0v) is 16.1. The van der Waals surface area contributed by atoms with E-state index in [1.807, 2.05) is 43.3 Å². The van der Waals surface area contributed by atoms with Crippen LogP contribution in [0.3, 0.4) is 0 Å². The number of hydrogen-bond donors (Lipinski definition) is 1. The fourth-order valence-electron chi connectivity index (χ4n) is 0.991. The van der Waals surface area contributed by atoms with Gasteiger partial charge in [0.15, 0.2) is 0 Å². The Morgan fingerprint density at radius 3 is 1.27 bits per heavy atom. The van der Waals surface area contributed by atoms with Crippen molar-refractivity contribution in [2.45, 2.75) is 73.8 Å². The summed E-state index contributed by atoms with van der Waals surface area (Å²) in [4.78, 5) is 0. The maximum Gasteiger partial charge on any atom is 0.0544 e. The Kier molecular flexibility index (Phi) is 29.7. The largest absolute Gasteiger partial charge is 0.379 e. The van der Waals surface area contributed by atoms with Crippen molar-refractivity contribution in [3.63, 3.8) is 0 Å². The van der Waals surface area contributed by atoms with Crippen LogP contribution in [-0.2, 0) is 4.74 Å². The molecule has 0 saturated carbocycles. The van der Waals surface area contributed by atoms with E-state index in [9.17, 15) is 0 Å². The van der Waals surface area contributed by atoms with Gasteiger partial charge < -0.3 is 10.5 Å². The molecular weight excluding hydrogens is 270 g/mol. The zero-order valence-electron chi connectivity index (χ0n) is 16.1. The fourth-order valence-corrected chi connectivity index (χ4v) is 0.991. The van der Waals surface area contributed by atoms with Crippen molar-refractivity contribution in [3.8, 4) is 0 Å². The predicted octanol–water partition coefficient (Wildman–Crippen LogP) is 5.92. The number of nitrogens with two attached hydrogens (primary N) is 1. The van der Waals surface area contributed by atoms with Gasteiger partial charge in [-0.3, -0.25) is 0 Å². The fraction of sp³-hybridized carbons (Fsp3) is 0.700. The van der Waals surface area contributed by atoms with Crippen molar-refractivity contribution < 1.29 is 4.74 Å². The van der Waals surface area contributed by atoms with E-state index < -0.39 is 0 Å². The quantitative estimate of drug-likeness (QED) is 0.733. The van der Waals surface area contributed by atoms with Gasteiger partial charge in [0.05, 0.1) is 6.10 Å². The van der Waals surface area contributed by atoms with E-state index in [1.54, 1.807) is 0 Å². The molecule has 0 aromatic heterocycles. The molecule has 132 valence electrons. The van der Waals surface area contributed by atoms with Crippen LogP contribution < -0.4 is 5.73 Å². The topological polar surface area (TPSA) is 35.2 Å². The molecule has 1 atom stereocenters. The second-order valence-corrected chi connectivity index (χ2v) is 5.70. The number of unbranched alkanes of at least 4 members (excludes halogenated alkanes) is 1. The number of rotatable bonds is 5. The lowest BCUT2D eigenvalue weighted by Gasteiger charge is -2.05. The molecule has 0 spiro atoms. The zero-order chi connectivity index (χ0) is 17.6. The molecule has 0 amide bonds. The Hall–Kier alpha value is -0.860. The standard InChI is InChI=1S/C6H14O.C6H6.C4H11N.C4H10/c1-4-6(3)7-5-2;1-2-4-6-5-3-1;1-2-3-4-5;1-4(2)3/h6H,4-5H2,1-3H3;1-6H;2-5H2,1H3;4H,1-3H3.